The maximum atomic E-state index is 12.4. The molecule has 1 aromatic heterocycles. The van der Waals surface area contributed by atoms with Gasteiger partial charge in [0.2, 0.25) is 0 Å². The van der Waals surface area contributed by atoms with E-state index in [1.165, 1.54) is 0 Å². The predicted molar refractivity (Wildman–Crippen MR) is 69.8 cm³/mol. The largest absolute Gasteiger partial charge is 0.375 e. The summed E-state index contributed by atoms with van der Waals surface area (Å²) in [6, 6.07) is 5.38. The van der Waals surface area contributed by atoms with Gasteiger partial charge in [0.1, 0.15) is 11.0 Å². The molecule has 2 aromatic rings. The highest BCUT2D eigenvalue weighted by molar-refractivity contribution is 5.97. The van der Waals surface area contributed by atoms with Crippen molar-refractivity contribution in [3.05, 3.63) is 23.8 Å². The van der Waals surface area contributed by atoms with E-state index in [1.54, 1.807) is 12.1 Å². The Balaban J connectivity index is 1.82. The van der Waals surface area contributed by atoms with Crippen molar-refractivity contribution < 1.29 is 9.53 Å². The van der Waals surface area contributed by atoms with Gasteiger partial charge in [-0.2, -0.15) is 15.4 Å². The van der Waals surface area contributed by atoms with Gasteiger partial charge < -0.3 is 9.64 Å². The molecule has 0 saturated carbocycles. The van der Waals surface area contributed by atoms with E-state index in [4.69, 9.17) is 4.74 Å². The lowest BCUT2D eigenvalue weighted by molar-refractivity contribution is -0.0226. The van der Waals surface area contributed by atoms with E-state index < -0.39 is 0 Å². The minimum absolute atomic E-state index is 0.0339. The van der Waals surface area contributed by atoms with Crippen molar-refractivity contribution in [2.75, 3.05) is 19.7 Å². The molecular weight excluding hydrogens is 244 g/mol. The van der Waals surface area contributed by atoms with E-state index in [1.807, 2.05) is 11.0 Å². The second kappa shape index (κ2) is 4.97. The average molecular weight is 260 g/mol. The summed E-state index contributed by atoms with van der Waals surface area (Å²) < 4.78 is 5.58. The fraction of sp³-hybridized carbons (Fsp3) is 0.462. The number of morpholine rings is 1. The van der Waals surface area contributed by atoms with Gasteiger partial charge in [0.15, 0.2) is 0 Å². The van der Waals surface area contributed by atoms with Crippen LogP contribution in [0.3, 0.4) is 0 Å². The Kier molecular flexibility index (Phi) is 3.16. The summed E-state index contributed by atoms with van der Waals surface area (Å²) in [6.45, 7) is 3.98. The number of carbonyl (C=O) groups is 1. The van der Waals surface area contributed by atoms with Crippen molar-refractivity contribution in [2.45, 2.75) is 19.4 Å². The number of amides is 1. The van der Waals surface area contributed by atoms with Crippen molar-refractivity contribution in [1.82, 2.24) is 20.3 Å². The Morgan fingerprint density at radius 2 is 2.32 bits per heavy atom. The number of hydrogen-bond acceptors (Lipinski definition) is 4. The number of benzene rings is 1. The zero-order valence-corrected chi connectivity index (χ0v) is 10.8. The molecule has 0 spiro atoms. The molecule has 100 valence electrons. The summed E-state index contributed by atoms with van der Waals surface area (Å²) >= 11 is 0. The van der Waals surface area contributed by atoms with Crippen molar-refractivity contribution in [3.8, 4) is 0 Å². The van der Waals surface area contributed by atoms with Gasteiger partial charge in [-0.3, -0.25) is 4.79 Å². The molecule has 6 nitrogen and oxygen atoms in total. The van der Waals surface area contributed by atoms with Crippen LogP contribution in [-0.2, 0) is 4.74 Å². The Morgan fingerprint density at radius 1 is 1.47 bits per heavy atom. The van der Waals surface area contributed by atoms with Gasteiger partial charge in [-0.15, -0.1) is 0 Å². The van der Waals surface area contributed by atoms with Crippen LogP contribution in [0.2, 0.25) is 0 Å². The van der Waals surface area contributed by atoms with Gasteiger partial charge in [0.25, 0.3) is 5.91 Å². The maximum Gasteiger partial charge on any atom is 0.254 e. The van der Waals surface area contributed by atoms with Gasteiger partial charge in [-0.05, 0) is 24.6 Å². The SMILES string of the molecule is CC[C@@H]1CN(C(=O)c2ccc3n[nH]nc3c2)CCO1. The van der Waals surface area contributed by atoms with Crippen LogP contribution in [0.15, 0.2) is 18.2 Å². The third kappa shape index (κ3) is 2.31. The molecule has 1 fully saturated rings. The van der Waals surface area contributed by atoms with Crippen LogP contribution in [0.1, 0.15) is 23.7 Å². The topological polar surface area (TPSA) is 71.1 Å². The van der Waals surface area contributed by atoms with Crippen LogP contribution in [0, 0.1) is 0 Å². The average Bonchev–Trinajstić information content (AvgIpc) is 2.94. The third-order valence-corrected chi connectivity index (χ3v) is 3.44. The summed E-state index contributed by atoms with van der Waals surface area (Å²) in [6.07, 6.45) is 1.07. The van der Waals surface area contributed by atoms with E-state index in [-0.39, 0.29) is 12.0 Å². The molecule has 6 heteroatoms. The molecule has 0 unspecified atom stereocenters. The third-order valence-electron chi connectivity index (χ3n) is 3.44. The summed E-state index contributed by atoms with van der Waals surface area (Å²) in [5.41, 5.74) is 2.13. The van der Waals surface area contributed by atoms with Gasteiger partial charge in [0.05, 0.1) is 12.7 Å². The van der Waals surface area contributed by atoms with Crippen LogP contribution in [0.4, 0.5) is 0 Å². The van der Waals surface area contributed by atoms with E-state index in [0.29, 0.717) is 30.8 Å². The summed E-state index contributed by atoms with van der Waals surface area (Å²) in [5.74, 6) is 0.0339. The predicted octanol–water partition coefficient (Wildman–Crippen LogP) is 1.21. The highest BCUT2D eigenvalue weighted by atomic mass is 16.5. The molecule has 1 aliphatic rings. The van der Waals surface area contributed by atoms with Crippen LogP contribution in [0.5, 0.6) is 0 Å². The Hall–Kier alpha value is -1.95. The van der Waals surface area contributed by atoms with Gasteiger partial charge in [-0.1, -0.05) is 6.92 Å². The van der Waals surface area contributed by atoms with Crippen LogP contribution < -0.4 is 0 Å². The monoisotopic (exact) mass is 260 g/mol. The molecule has 1 aliphatic heterocycles. The summed E-state index contributed by atoms with van der Waals surface area (Å²) in [7, 11) is 0. The van der Waals surface area contributed by atoms with Crippen molar-refractivity contribution in [2.24, 2.45) is 0 Å². The van der Waals surface area contributed by atoms with Gasteiger partial charge in [0, 0.05) is 18.7 Å². The number of fused-ring (bicyclic) bond motifs is 1. The standard InChI is InChI=1S/C13H16N4O2/c1-2-10-8-17(5-6-19-10)13(18)9-3-4-11-12(7-9)15-16-14-11/h3-4,7,10H,2,5-6,8H2,1H3,(H,14,15,16)/t10-/m1/s1. The lowest BCUT2D eigenvalue weighted by Crippen LogP contribution is -2.45. The first-order chi connectivity index (χ1) is 9.28. The van der Waals surface area contributed by atoms with Crippen LogP contribution in [0.25, 0.3) is 11.0 Å². The number of carbonyl (C=O) groups excluding carboxylic acids is 1. The van der Waals surface area contributed by atoms with E-state index in [2.05, 4.69) is 22.3 Å². The molecule has 1 saturated heterocycles. The molecule has 3 rings (SSSR count). The number of nitrogens with zero attached hydrogens (tertiary/aromatic N) is 3. The molecule has 0 bridgehead atoms. The molecule has 1 atom stereocenters. The van der Waals surface area contributed by atoms with Crippen molar-refractivity contribution in [1.29, 1.82) is 0 Å². The lowest BCUT2D eigenvalue weighted by atomic mass is 10.1. The van der Waals surface area contributed by atoms with Crippen LogP contribution in [-0.4, -0.2) is 52.0 Å². The molecule has 0 radical (unpaired) electrons. The maximum absolute atomic E-state index is 12.4. The van der Waals surface area contributed by atoms with Gasteiger partial charge in [-0.25, -0.2) is 0 Å². The number of rotatable bonds is 2. The molecular formula is C13H16N4O2. The van der Waals surface area contributed by atoms with E-state index >= 15 is 0 Å². The molecule has 0 aliphatic carbocycles. The van der Waals surface area contributed by atoms with Crippen LogP contribution >= 0.6 is 0 Å². The highest BCUT2D eigenvalue weighted by Gasteiger charge is 2.24. The fourth-order valence-electron chi connectivity index (χ4n) is 2.31. The van der Waals surface area contributed by atoms with E-state index in [9.17, 15) is 4.79 Å². The normalized spacial score (nSPS) is 19.8. The molecule has 2 heterocycles. The zero-order valence-electron chi connectivity index (χ0n) is 10.8. The zero-order chi connectivity index (χ0) is 13.2. The number of nitrogens with one attached hydrogen (secondary N) is 1. The van der Waals surface area contributed by atoms with E-state index in [0.717, 1.165) is 11.9 Å². The van der Waals surface area contributed by atoms with Gasteiger partial charge >= 0.3 is 0 Å². The molecule has 1 amide bonds. The second-order valence-electron chi connectivity index (χ2n) is 4.68. The Morgan fingerprint density at radius 3 is 3.16 bits per heavy atom. The Bertz CT molecular complexity index is 595. The number of aromatic nitrogens is 3. The number of hydrogen-bond donors (Lipinski definition) is 1. The van der Waals surface area contributed by atoms with Crippen molar-refractivity contribution in [3.63, 3.8) is 0 Å². The fourth-order valence-corrected chi connectivity index (χ4v) is 2.31. The first-order valence-electron chi connectivity index (χ1n) is 6.49. The number of aromatic amines is 1. The minimum atomic E-state index is 0.0339. The summed E-state index contributed by atoms with van der Waals surface area (Å²) in [5, 5.41) is 10.5. The molecule has 1 aromatic carbocycles. The Labute approximate surface area is 110 Å². The first-order valence-corrected chi connectivity index (χ1v) is 6.49. The highest BCUT2D eigenvalue weighted by Crippen LogP contribution is 2.15. The first kappa shape index (κ1) is 12.1. The smallest absolute Gasteiger partial charge is 0.254 e. The quantitative estimate of drug-likeness (QED) is 0.881. The lowest BCUT2D eigenvalue weighted by Gasteiger charge is -2.32. The molecule has 19 heavy (non-hydrogen) atoms. The second-order valence-corrected chi connectivity index (χ2v) is 4.68. The minimum Gasteiger partial charge on any atom is -0.375 e. The van der Waals surface area contributed by atoms with Crippen molar-refractivity contribution >= 4 is 16.9 Å². The number of ether oxygens (including phenoxy) is 1. The summed E-state index contributed by atoms with van der Waals surface area (Å²) in [4.78, 5) is 14.3. The number of H-pyrrole nitrogens is 1. The molecule has 1 N–H and O–H groups in total.